The Morgan fingerprint density at radius 2 is 1.00 bits per heavy atom. The summed E-state index contributed by atoms with van der Waals surface area (Å²) in [6, 6.07) is 0. The minimum absolute atomic E-state index is 0.136. The lowest BCUT2D eigenvalue weighted by Gasteiger charge is -2.07. The first-order valence-corrected chi connectivity index (χ1v) is 5.71. The second kappa shape index (κ2) is 5.87. The fourth-order valence-corrected chi connectivity index (χ4v) is 0.920. The van der Waals surface area contributed by atoms with Crippen LogP contribution >= 0.6 is 0 Å². The Morgan fingerprint density at radius 3 is 1.27 bits per heavy atom. The lowest BCUT2D eigenvalue weighted by molar-refractivity contribution is 0.569. The van der Waals surface area contributed by atoms with Crippen LogP contribution in [0.1, 0.15) is 60.8 Å². The van der Waals surface area contributed by atoms with Gasteiger partial charge in [-0.15, -0.1) is 11.8 Å². The summed E-state index contributed by atoms with van der Waals surface area (Å²) in [6.45, 7) is 12.8. The summed E-state index contributed by atoms with van der Waals surface area (Å²) < 4.78 is 0. The topological polar surface area (TPSA) is 0 Å². The highest BCUT2D eigenvalue weighted by atomic mass is 14.1. The molecule has 0 saturated carbocycles. The van der Waals surface area contributed by atoms with Gasteiger partial charge in [0, 0.05) is 23.7 Å². The lowest BCUT2D eigenvalue weighted by atomic mass is 9.97. The van der Waals surface area contributed by atoms with Crippen LogP contribution in [0.3, 0.4) is 0 Å². The van der Waals surface area contributed by atoms with Crippen molar-refractivity contribution in [1.82, 2.24) is 0 Å². The van der Waals surface area contributed by atoms with E-state index in [1.807, 2.05) is 0 Å². The molecule has 0 bridgehead atoms. The average Bonchev–Trinajstić information content (AvgIpc) is 1.98. The van der Waals surface area contributed by atoms with Crippen LogP contribution in [-0.4, -0.2) is 0 Å². The summed E-state index contributed by atoms with van der Waals surface area (Å²) in [7, 11) is 0. The number of rotatable bonds is 2. The van der Waals surface area contributed by atoms with E-state index in [9.17, 15) is 0 Å². The van der Waals surface area contributed by atoms with Gasteiger partial charge >= 0.3 is 0 Å². The van der Waals surface area contributed by atoms with Crippen LogP contribution < -0.4 is 0 Å². The van der Waals surface area contributed by atoms with Gasteiger partial charge in [0.05, 0.1) is 0 Å². The van der Waals surface area contributed by atoms with Crippen molar-refractivity contribution in [1.29, 1.82) is 0 Å². The maximum absolute atomic E-state index is 3.23. The van der Waals surface area contributed by atoms with Gasteiger partial charge < -0.3 is 0 Å². The van der Waals surface area contributed by atoms with Gasteiger partial charge in [0.15, 0.2) is 0 Å². The largest absolute Gasteiger partial charge is 0.103 e. The summed E-state index contributed by atoms with van der Waals surface area (Å²) in [4.78, 5) is 0. The Kier molecular flexibility index (Phi) is 5.53. The van der Waals surface area contributed by atoms with Crippen molar-refractivity contribution in [3.8, 4) is 23.7 Å². The van der Waals surface area contributed by atoms with Crippen molar-refractivity contribution >= 4 is 0 Å². The van der Waals surface area contributed by atoms with Gasteiger partial charge in [0.2, 0.25) is 0 Å². The van der Waals surface area contributed by atoms with Gasteiger partial charge in [-0.2, -0.15) is 0 Å². The molecule has 0 nitrogen and oxygen atoms in total. The molecule has 0 aromatic rings. The summed E-state index contributed by atoms with van der Waals surface area (Å²) in [5, 5.41) is 0. The van der Waals surface area contributed by atoms with E-state index < -0.39 is 0 Å². The van der Waals surface area contributed by atoms with Crippen LogP contribution in [0.4, 0.5) is 0 Å². The predicted molar refractivity (Wildman–Crippen MR) is 68.3 cm³/mol. The van der Waals surface area contributed by atoms with E-state index in [4.69, 9.17) is 0 Å². The second-order valence-electron chi connectivity index (χ2n) is 5.96. The Labute approximate surface area is 95.8 Å². The second-order valence-corrected chi connectivity index (χ2v) is 5.96. The van der Waals surface area contributed by atoms with Crippen LogP contribution in [0.25, 0.3) is 0 Å². The average molecular weight is 204 g/mol. The highest BCUT2D eigenvalue weighted by Crippen LogP contribution is 2.11. The molecular weight excluding hydrogens is 180 g/mol. The maximum atomic E-state index is 3.23. The van der Waals surface area contributed by atoms with Gasteiger partial charge in [0.1, 0.15) is 0 Å². The third-order valence-corrected chi connectivity index (χ3v) is 1.53. The van der Waals surface area contributed by atoms with Gasteiger partial charge in [-0.3, -0.25) is 0 Å². The molecule has 0 atom stereocenters. The molecule has 0 amide bonds. The minimum Gasteiger partial charge on any atom is -0.103 e. The number of hydrogen-bond donors (Lipinski definition) is 0. The molecule has 0 spiro atoms. The van der Waals surface area contributed by atoms with Crippen LogP contribution in [0.5, 0.6) is 0 Å². The molecule has 0 aliphatic heterocycles. The molecular formula is C15H24. The van der Waals surface area contributed by atoms with Gasteiger partial charge in [-0.05, 0) is 48.0 Å². The fraction of sp³-hybridized carbons (Fsp3) is 0.733. The fourth-order valence-electron chi connectivity index (χ4n) is 0.920. The molecule has 0 radical (unpaired) electrons. The highest BCUT2D eigenvalue weighted by molar-refractivity contribution is 5.09. The van der Waals surface area contributed by atoms with Gasteiger partial charge in [0.25, 0.3) is 0 Å². The molecule has 0 saturated heterocycles. The summed E-state index contributed by atoms with van der Waals surface area (Å²) in [5.41, 5.74) is 0.272. The molecule has 0 aliphatic rings. The van der Waals surface area contributed by atoms with E-state index in [1.54, 1.807) is 0 Å². The van der Waals surface area contributed by atoms with Crippen LogP contribution in [-0.2, 0) is 0 Å². The van der Waals surface area contributed by atoms with Crippen LogP contribution in [0, 0.1) is 34.5 Å². The Hall–Kier alpha value is -0.880. The molecule has 84 valence electrons. The van der Waals surface area contributed by atoms with Crippen molar-refractivity contribution in [3.63, 3.8) is 0 Å². The first-order chi connectivity index (χ1) is 6.71. The zero-order chi connectivity index (χ0) is 11.9. The molecule has 15 heavy (non-hydrogen) atoms. The van der Waals surface area contributed by atoms with Crippen LogP contribution in [0.2, 0.25) is 0 Å². The monoisotopic (exact) mass is 204 g/mol. The Balaban J connectivity index is 3.72. The number of unbranched alkanes of at least 4 members (excludes halogenated alkanes) is 2. The molecule has 0 N–H and O–H groups in total. The predicted octanol–water partition coefficient (Wildman–Crippen LogP) is 4.26. The normalized spacial score (nSPS) is 11.1. The Morgan fingerprint density at radius 1 is 0.667 bits per heavy atom. The number of hydrogen-bond acceptors (Lipinski definition) is 0. The van der Waals surface area contributed by atoms with Gasteiger partial charge in [-0.1, -0.05) is 11.8 Å². The van der Waals surface area contributed by atoms with E-state index in [-0.39, 0.29) is 10.8 Å². The zero-order valence-electron chi connectivity index (χ0n) is 11.1. The third-order valence-electron chi connectivity index (χ3n) is 1.53. The highest BCUT2D eigenvalue weighted by Gasteiger charge is 2.03. The summed E-state index contributed by atoms with van der Waals surface area (Å²) in [6.07, 6.45) is 3.03. The molecule has 0 rings (SSSR count). The molecule has 0 aliphatic carbocycles. The van der Waals surface area contributed by atoms with E-state index in [1.165, 1.54) is 0 Å². The van der Waals surface area contributed by atoms with E-state index >= 15 is 0 Å². The van der Waals surface area contributed by atoms with Crippen molar-refractivity contribution in [3.05, 3.63) is 0 Å². The Bertz CT molecular complexity index is 253. The molecule has 0 fully saturated rings. The SMILES string of the molecule is CC(C)(C)C#CCCCC#CC(C)(C)C. The molecule has 0 aromatic carbocycles. The minimum atomic E-state index is 0.136. The quantitative estimate of drug-likeness (QED) is 0.466. The van der Waals surface area contributed by atoms with Crippen molar-refractivity contribution < 1.29 is 0 Å². The summed E-state index contributed by atoms with van der Waals surface area (Å²) in [5.74, 6) is 12.9. The van der Waals surface area contributed by atoms with Crippen molar-refractivity contribution in [2.75, 3.05) is 0 Å². The molecule has 0 heterocycles. The third kappa shape index (κ3) is 13.1. The lowest BCUT2D eigenvalue weighted by Crippen LogP contribution is -1.99. The first kappa shape index (κ1) is 14.1. The summed E-state index contributed by atoms with van der Waals surface area (Å²) >= 11 is 0. The molecule has 0 heteroatoms. The zero-order valence-corrected chi connectivity index (χ0v) is 11.1. The standard InChI is InChI=1S/C15H24/c1-14(2,3)12-10-8-7-9-11-13-15(4,5)6/h7-9H2,1-6H3. The van der Waals surface area contributed by atoms with E-state index in [0.29, 0.717) is 0 Å². The van der Waals surface area contributed by atoms with Gasteiger partial charge in [-0.25, -0.2) is 0 Å². The van der Waals surface area contributed by atoms with E-state index in [2.05, 4.69) is 65.2 Å². The molecule has 0 unspecified atom stereocenters. The van der Waals surface area contributed by atoms with Crippen LogP contribution in [0.15, 0.2) is 0 Å². The smallest absolute Gasteiger partial charge is 0.0230 e. The van der Waals surface area contributed by atoms with E-state index in [0.717, 1.165) is 19.3 Å². The maximum Gasteiger partial charge on any atom is 0.0230 e. The van der Waals surface area contributed by atoms with Crippen molar-refractivity contribution in [2.45, 2.75) is 60.8 Å². The van der Waals surface area contributed by atoms with Crippen molar-refractivity contribution in [2.24, 2.45) is 10.8 Å². The molecule has 0 aromatic heterocycles. The first-order valence-electron chi connectivity index (χ1n) is 5.71.